The first kappa shape index (κ1) is 14.7. The molecule has 1 aliphatic rings. The first-order valence-corrected chi connectivity index (χ1v) is 6.66. The molecule has 1 aliphatic heterocycles. The minimum absolute atomic E-state index is 0.332. The number of nitrogens with zero attached hydrogens (tertiary/aromatic N) is 1. The molecule has 1 N–H and O–H groups in total. The molecule has 0 bridgehead atoms. The van der Waals surface area contributed by atoms with Gasteiger partial charge in [-0.15, -0.1) is 0 Å². The summed E-state index contributed by atoms with van der Waals surface area (Å²) in [6.07, 6.45) is -1.31. The lowest BCUT2D eigenvalue weighted by Gasteiger charge is -2.18. The zero-order valence-corrected chi connectivity index (χ0v) is 12.4. The molecule has 20 heavy (non-hydrogen) atoms. The van der Waals surface area contributed by atoms with E-state index in [0.29, 0.717) is 23.1 Å². The van der Waals surface area contributed by atoms with Crippen LogP contribution in [0.25, 0.3) is 0 Å². The Labute approximate surface area is 122 Å². The van der Waals surface area contributed by atoms with E-state index in [4.69, 9.17) is 21.1 Å². The summed E-state index contributed by atoms with van der Waals surface area (Å²) in [6.45, 7) is 4.34. The highest BCUT2D eigenvalue weighted by molar-refractivity contribution is 6.31. The fourth-order valence-electron chi connectivity index (χ4n) is 1.85. The molecule has 1 amide bonds. The number of hydrogen-bond acceptors (Lipinski definition) is 4. The van der Waals surface area contributed by atoms with E-state index in [9.17, 15) is 4.79 Å². The van der Waals surface area contributed by atoms with Crippen LogP contribution in [0.2, 0.25) is 5.02 Å². The molecule has 2 rings (SSSR count). The number of carbonyl (C=O) groups excluding carboxylic acids is 1. The predicted molar refractivity (Wildman–Crippen MR) is 77.2 cm³/mol. The second-order valence-corrected chi connectivity index (χ2v) is 5.52. The molecule has 0 spiro atoms. The van der Waals surface area contributed by atoms with Crippen LogP contribution >= 0.6 is 11.6 Å². The molecule has 0 aliphatic carbocycles. The topological polar surface area (TPSA) is 59.9 Å². The van der Waals surface area contributed by atoms with Crippen molar-refractivity contribution in [3.8, 4) is 0 Å². The number of rotatable bonds is 3. The highest BCUT2D eigenvalue weighted by atomic mass is 35.5. The van der Waals surface area contributed by atoms with Crippen molar-refractivity contribution < 1.29 is 14.3 Å². The number of halogens is 1. The van der Waals surface area contributed by atoms with E-state index in [1.165, 1.54) is 7.05 Å². The van der Waals surface area contributed by atoms with E-state index in [2.05, 4.69) is 10.3 Å². The summed E-state index contributed by atoms with van der Waals surface area (Å²) in [7, 11) is 1.49. The largest absolute Gasteiger partial charge is 0.475 e. The van der Waals surface area contributed by atoms with Crippen molar-refractivity contribution in [3.63, 3.8) is 0 Å². The van der Waals surface area contributed by atoms with Gasteiger partial charge in [0.2, 0.25) is 12.0 Å². The van der Waals surface area contributed by atoms with Gasteiger partial charge in [-0.25, -0.2) is 9.79 Å². The molecular weight excluding hydrogens is 280 g/mol. The van der Waals surface area contributed by atoms with Gasteiger partial charge in [0.1, 0.15) is 6.61 Å². The van der Waals surface area contributed by atoms with E-state index in [1.54, 1.807) is 12.1 Å². The van der Waals surface area contributed by atoms with Crippen LogP contribution in [-0.2, 0) is 9.47 Å². The van der Waals surface area contributed by atoms with Crippen molar-refractivity contribution in [2.45, 2.75) is 25.5 Å². The molecule has 1 aromatic rings. The van der Waals surface area contributed by atoms with Crippen LogP contribution in [0, 0.1) is 0 Å². The molecular formula is C14H17ClN2O3. The summed E-state index contributed by atoms with van der Waals surface area (Å²) < 4.78 is 10.9. The summed E-state index contributed by atoms with van der Waals surface area (Å²) in [5.41, 5.74) is 0.315. The van der Waals surface area contributed by atoms with Crippen molar-refractivity contribution in [3.05, 3.63) is 34.9 Å². The van der Waals surface area contributed by atoms with Gasteiger partial charge in [0.25, 0.3) is 0 Å². The van der Waals surface area contributed by atoms with Gasteiger partial charge in [-0.05, 0) is 19.9 Å². The first-order chi connectivity index (χ1) is 9.43. The molecule has 0 saturated heterocycles. The van der Waals surface area contributed by atoms with E-state index in [0.717, 1.165) is 0 Å². The lowest BCUT2D eigenvalue weighted by Crippen LogP contribution is -2.26. The number of alkyl carbamates (subject to hydrolysis) is 1. The highest BCUT2D eigenvalue weighted by Gasteiger charge is 2.34. The number of aliphatic imine (C=N–C) groups is 1. The van der Waals surface area contributed by atoms with Crippen LogP contribution in [0.5, 0.6) is 0 Å². The third-order valence-corrected chi connectivity index (χ3v) is 3.17. The lowest BCUT2D eigenvalue weighted by molar-refractivity contribution is 0.117. The monoisotopic (exact) mass is 296 g/mol. The SMILES string of the molecule is CNC(=O)OC(C1=NC(C)(C)CO1)c1ccccc1Cl. The van der Waals surface area contributed by atoms with Gasteiger partial charge in [-0.1, -0.05) is 29.8 Å². The van der Waals surface area contributed by atoms with Gasteiger partial charge in [0, 0.05) is 17.6 Å². The van der Waals surface area contributed by atoms with Crippen LogP contribution in [0.4, 0.5) is 4.79 Å². The van der Waals surface area contributed by atoms with E-state index in [1.807, 2.05) is 26.0 Å². The number of amides is 1. The minimum Gasteiger partial charge on any atom is -0.475 e. The Morgan fingerprint density at radius 3 is 2.75 bits per heavy atom. The summed E-state index contributed by atoms with van der Waals surface area (Å²) in [5.74, 6) is 0.367. The maximum atomic E-state index is 11.5. The Balaban J connectivity index is 2.36. The average molecular weight is 297 g/mol. The predicted octanol–water partition coefficient (Wildman–Crippen LogP) is 2.94. The Hall–Kier alpha value is -1.75. The Morgan fingerprint density at radius 2 is 2.20 bits per heavy atom. The lowest BCUT2D eigenvalue weighted by atomic mass is 10.1. The van der Waals surface area contributed by atoms with Crippen molar-refractivity contribution in [2.75, 3.05) is 13.7 Å². The molecule has 0 aromatic heterocycles. The second-order valence-electron chi connectivity index (χ2n) is 5.11. The van der Waals surface area contributed by atoms with Crippen LogP contribution in [0.15, 0.2) is 29.3 Å². The quantitative estimate of drug-likeness (QED) is 0.933. The van der Waals surface area contributed by atoms with Crippen molar-refractivity contribution in [2.24, 2.45) is 4.99 Å². The molecule has 0 saturated carbocycles. The summed E-state index contributed by atoms with van der Waals surface area (Å²) in [5, 5.41) is 2.91. The zero-order chi connectivity index (χ0) is 14.8. The van der Waals surface area contributed by atoms with Gasteiger partial charge in [0.05, 0.1) is 5.54 Å². The average Bonchev–Trinajstić information content (AvgIpc) is 2.77. The third kappa shape index (κ3) is 3.22. The standard InChI is InChI=1S/C14H17ClN2O3/c1-14(2)8-19-12(17-14)11(20-13(18)16-3)9-6-4-5-7-10(9)15/h4-7,11H,8H2,1-3H3,(H,16,18). The summed E-state index contributed by atoms with van der Waals surface area (Å²) in [4.78, 5) is 16.0. The van der Waals surface area contributed by atoms with E-state index in [-0.39, 0.29) is 5.54 Å². The Morgan fingerprint density at radius 1 is 1.50 bits per heavy atom. The van der Waals surface area contributed by atoms with E-state index < -0.39 is 12.2 Å². The van der Waals surface area contributed by atoms with Crippen molar-refractivity contribution >= 4 is 23.6 Å². The van der Waals surface area contributed by atoms with Crippen molar-refractivity contribution in [1.82, 2.24) is 5.32 Å². The third-order valence-electron chi connectivity index (χ3n) is 2.83. The van der Waals surface area contributed by atoms with Gasteiger partial charge in [-0.3, -0.25) is 0 Å². The molecule has 0 radical (unpaired) electrons. The first-order valence-electron chi connectivity index (χ1n) is 6.28. The van der Waals surface area contributed by atoms with Gasteiger partial charge in [0.15, 0.2) is 0 Å². The molecule has 0 fully saturated rings. The van der Waals surface area contributed by atoms with Crippen LogP contribution in [-0.4, -0.2) is 31.2 Å². The Bertz CT molecular complexity index is 543. The van der Waals surface area contributed by atoms with Gasteiger partial charge in [-0.2, -0.15) is 0 Å². The molecule has 1 unspecified atom stereocenters. The van der Waals surface area contributed by atoms with Gasteiger partial charge >= 0.3 is 6.09 Å². The fourth-order valence-corrected chi connectivity index (χ4v) is 2.08. The van der Waals surface area contributed by atoms with Gasteiger partial charge < -0.3 is 14.8 Å². The minimum atomic E-state index is -0.745. The number of carbonyl (C=O) groups is 1. The van der Waals surface area contributed by atoms with E-state index >= 15 is 0 Å². The summed E-state index contributed by atoms with van der Waals surface area (Å²) >= 11 is 6.17. The number of hydrogen-bond donors (Lipinski definition) is 1. The van der Waals surface area contributed by atoms with Crippen LogP contribution < -0.4 is 5.32 Å². The van der Waals surface area contributed by atoms with Crippen molar-refractivity contribution in [1.29, 1.82) is 0 Å². The highest BCUT2D eigenvalue weighted by Crippen LogP contribution is 2.31. The molecule has 1 aromatic carbocycles. The summed E-state index contributed by atoms with van der Waals surface area (Å²) in [6, 6.07) is 7.15. The van der Waals surface area contributed by atoms with Crippen LogP contribution in [0.1, 0.15) is 25.5 Å². The second kappa shape index (κ2) is 5.71. The molecule has 5 nitrogen and oxygen atoms in total. The number of ether oxygens (including phenoxy) is 2. The molecule has 1 heterocycles. The smallest absolute Gasteiger partial charge is 0.408 e. The molecule has 1 atom stereocenters. The Kier molecular flexibility index (Phi) is 4.18. The number of benzene rings is 1. The zero-order valence-electron chi connectivity index (χ0n) is 11.6. The fraction of sp³-hybridized carbons (Fsp3) is 0.429. The molecule has 6 heteroatoms. The molecule has 108 valence electrons. The normalized spacial score (nSPS) is 17.9. The maximum Gasteiger partial charge on any atom is 0.408 e. The van der Waals surface area contributed by atoms with Crippen LogP contribution in [0.3, 0.4) is 0 Å². The number of nitrogens with one attached hydrogen (secondary N) is 1. The maximum absolute atomic E-state index is 11.5.